The van der Waals surface area contributed by atoms with E-state index in [9.17, 15) is 14.4 Å². The van der Waals surface area contributed by atoms with Gasteiger partial charge in [0.15, 0.2) is 0 Å². The molecule has 3 aromatic rings. The maximum Gasteiger partial charge on any atom is 0.407 e. The van der Waals surface area contributed by atoms with Crippen molar-refractivity contribution in [2.45, 2.75) is 58.3 Å². The van der Waals surface area contributed by atoms with Crippen LogP contribution in [0.4, 0.5) is 4.79 Å². The molecule has 0 spiro atoms. The molecule has 0 aliphatic carbocycles. The topological polar surface area (TPSA) is 146 Å². The van der Waals surface area contributed by atoms with Gasteiger partial charge in [-0.25, -0.2) is 4.79 Å². The molecule has 266 valence electrons. The fraction of sp³-hybridized carbons (Fsp3) is 0.436. The minimum absolute atomic E-state index is 0.0566. The molecule has 2 saturated heterocycles. The molecule has 0 unspecified atom stereocenters. The van der Waals surface area contributed by atoms with E-state index >= 15 is 0 Å². The van der Waals surface area contributed by atoms with Gasteiger partial charge in [-0.05, 0) is 81.1 Å². The number of amides is 3. The number of piperazine rings is 1. The van der Waals surface area contributed by atoms with Crippen LogP contribution >= 0.6 is 0 Å². The second kappa shape index (κ2) is 17.1. The van der Waals surface area contributed by atoms with Crippen LogP contribution in [0.3, 0.4) is 0 Å². The van der Waals surface area contributed by atoms with Crippen molar-refractivity contribution in [3.8, 4) is 12.1 Å². The lowest BCUT2D eigenvalue weighted by Gasteiger charge is -2.38. The molecule has 12 heteroatoms. The van der Waals surface area contributed by atoms with E-state index in [4.69, 9.17) is 15.3 Å². The molecule has 0 radical (unpaired) electrons. The van der Waals surface area contributed by atoms with Gasteiger partial charge in [0.2, 0.25) is 0 Å². The number of hydrogen-bond donors (Lipinski definition) is 1. The summed E-state index contributed by atoms with van der Waals surface area (Å²) in [6.45, 7) is 11.6. The SMILES string of the molecule is CC(C)(C)OC(=O)NCCN(C(=O)c1ccc(C(=O)N2CCN(Cc3ccc(C#N)cc3)CC2)cn1)C1CCN(Cc2ccc(C#N)cc2)CC1. The predicted octanol–water partition coefficient (Wildman–Crippen LogP) is 4.41. The molecule has 0 atom stereocenters. The number of nitrogens with one attached hydrogen (secondary N) is 1. The molecule has 12 nitrogen and oxygen atoms in total. The summed E-state index contributed by atoms with van der Waals surface area (Å²) in [6.07, 6.45) is 2.45. The molecular formula is C39H46N8O4. The third-order valence-corrected chi connectivity index (χ3v) is 9.15. The lowest BCUT2D eigenvalue weighted by molar-refractivity contribution is 0.0471. The summed E-state index contributed by atoms with van der Waals surface area (Å²) in [7, 11) is 0. The maximum atomic E-state index is 13.9. The van der Waals surface area contributed by atoms with E-state index in [1.54, 1.807) is 37.8 Å². The zero-order chi connectivity index (χ0) is 36.4. The minimum atomic E-state index is -0.635. The summed E-state index contributed by atoms with van der Waals surface area (Å²) in [6, 6.07) is 22.7. The van der Waals surface area contributed by atoms with E-state index in [-0.39, 0.29) is 36.6 Å². The van der Waals surface area contributed by atoms with Crippen molar-refractivity contribution in [2.75, 3.05) is 52.4 Å². The first kappa shape index (κ1) is 37.0. The van der Waals surface area contributed by atoms with Crippen LogP contribution in [-0.2, 0) is 17.8 Å². The van der Waals surface area contributed by atoms with Crippen molar-refractivity contribution in [3.05, 3.63) is 100 Å². The largest absolute Gasteiger partial charge is 0.444 e. The van der Waals surface area contributed by atoms with E-state index in [1.807, 2.05) is 53.4 Å². The van der Waals surface area contributed by atoms with Gasteiger partial charge in [-0.15, -0.1) is 0 Å². The highest BCUT2D eigenvalue weighted by atomic mass is 16.6. The molecule has 3 heterocycles. The van der Waals surface area contributed by atoms with E-state index < -0.39 is 11.7 Å². The lowest BCUT2D eigenvalue weighted by atomic mass is 10.0. The Morgan fingerprint density at radius 2 is 1.37 bits per heavy atom. The molecule has 2 aliphatic heterocycles. The Morgan fingerprint density at radius 3 is 1.86 bits per heavy atom. The summed E-state index contributed by atoms with van der Waals surface area (Å²) < 4.78 is 5.38. The van der Waals surface area contributed by atoms with Gasteiger partial charge in [-0.1, -0.05) is 24.3 Å². The quantitative estimate of drug-likeness (QED) is 0.327. The molecule has 1 N–H and O–H groups in total. The van der Waals surface area contributed by atoms with Gasteiger partial charge < -0.3 is 19.9 Å². The molecule has 0 bridgehead atoms. The van der Waals surface area contributed by atoms with E-state index in [2.05, 4.69) is 32.2 Å². The number of carbonyl (C=O) groups is 3. The zero-order valence-corrected chi connectivity index (χ0v) is 29.7. The zero-order valence-electron chi connectivity index (χ0n) is 29.7. The highest BCUT2D eigenvalue weighted by Gasteiger charge is 2.30. The van der Waals surface area contributed by atoms with Crippen LogP contribution in [0, 0.1) is 22.7 Å². The van der Waals surface area contributed by atoms with Gasteiger partial charge in [0.1, 0.15) is 11.3 Å². The van der Waals surface area contributed by atoms with Gasteiger partial charge in [0, 0.05) is 77.7 Å². The number of nitrogens with zero attached hydrogens (tertiary/aromatic N) is 7. The summed E-state index contributed by atoms with van der Waals surface area (Å²) in [4.78, 5) is 52.3. The van der Waals surface area contributed by atoms with Crippen molar-refractivity contribution in [1.29, 1.82) is 10.5 Å². The average molecular weight is 691 g/mol. The first-order chi connectivity index (χ1) is 24.5. The van der Waals surface area contributed by atoms with Crippen molar-refractivity contribution in [3.63, 3.8) is 0 Å². The number of hydrogen-bond acceptors (Lipinski definition) is 9. The number of ether oxygens (including phenoxy) is 1. The number of rotatable bonds is 10. The van der Waals surface area contributed by atoms with Crippen LogP contribution in [0.2, 0.25) is 0 Å². The van der Waals surface area contributed by atoms with Crippen LogP contribution in [-0.4, -0.2) is 106 Å². The number of benzene rings is 2. The van der Waals surface area contributed by atoms with Crippen LogP contribution in [0.5, 0.6) is 0 Å². The highest BCUT2D eigenvalue weighted by molar-refractivity contribution is 5.96. The van der Waals surface area contributed by atoms with Crippen LogP contribution < -0.4 is 5.32 Å². The van der Waals surface area contributed by atoms with Crippen LogP contribution in [0.15, 0.2) is 66.9 Å². The number of carbonyl (C=O) groups excluding carboxylic acids is 3. The van der Waals surface area contributed by atoms with Crippen molar-refractivity contribution >= 4 is 17.9 Å². The summed E-state index contributed by atoms with van der Waals surface area (Å²) >= 11 is 0. The van der Waals surface area contributed by atoms with Crippen molar-refractivity contribution < 1.29 is 19.1 Å². The van der Waals surface area contributed by atoms with Crippen molar-refractivity contribution in [2.24, 2.45) is 0 Å². The van der Waals surface area contributed by atoms with Crippen LogP contribution in [0.25, 0.3) is 0 Å². The van der Waals surface area contributed by atoms with Crippen LogP contribution in [0.1, 0.15) is 76.7 Å². The number of aromatic nitrogens is 1. The number of pyridine rings is 1. The Balaban J connectivity index is 1.18. The molecule has 1 aromatic heterocycles. The van der Waals surface area contributed by atoms with E-state index in [1.165, 1.54) is 6.20 Å². The number of alkyl carbamates (subject to hydrolysis) is 1. The lowest BCUT2D eigenvalue weighted by Crippen LogP contribution is -2.50. The molecule has 5 rings (SSSR count). The fourth-order valence-electron chi connectivity index (χ4n) is 6.40. The third-order valence-electron chi connectivity index (χ3n) is 9.15. The Kier molecular flexibility index (Phi) is 12.4. The van der Waals surface area contributed by atoms with Crippen molar-refractivity contribution in [1.82, 2.24) is 29.9 Å². The second-order valence-electron chi connectivity index (χ2n) is 14.1. The molecule has 51 heavy (non-hydrogen) atoms. The number of nitriles is 2. The molecule has 2 fully saturated rings. The van der Waals surface area contributed by atoms with Gasteiger partial charge >= 0.3 is 6.09 Å². The Bertz CT molecular complexity index is 1720. The fourth-order valence-corrected chi connectivity index (χ4v) is 6.40. The minimum Gasteiger partial charge on any atom is -0.444 e. The summed E-state index contributed by atoms with van der Waals surface area (Å²) in [5.74, 6) is -0.366. The Hall–Kier alpha value is -5.30. The van der Waals surface area contributed by atoms with Gasteiger partial charge in [-0.3, -0.25) is 24.4 Å². The average Bonchev–Trinajstić information content (AvgIpc) is 3.13. The molecular weight excluding hydrogens is 644 g/mol. The molecule has 3 amide bonds. The number of piperidine rings is 1. The third kappa shape index (κ3) is 10.6. The molecule has 0 saturated carbocycles. The molecule has 2 aromatic carbocycles. The maximum absolute atomic E-state index is 13.9. The Labute approximate surface area is 300 Å². The Morgan fingerprint density at radius 1 is 0.824 bits per heavy atom. The second-order valence-corrected chi connectivity index (χ2v) is 14.1. The van der Waals surface area contributed by atoms with E-state index in [0.29, 0.717) is 29.8 Å². The first-order valence-corrected chi connectivity index (χ1v) is 17.5. The predicted molar refractivity (Wildman–Crippen MR) is 191 cm³/mol. The normalized spacial score (nSPS) is 15.7. The summed E-state index contributed by atoms with van der Waals surface area (Å²) in [5.41, 5.74) is 3.57. The standard InChI is InChI=1S/C39H46N8O4/c1-39(2,3)51-38(50)42-16-19-47(34-14-17-44(18-15-34)27-31-8-4-29(24-40)5-9-31)37(49)35-13-12-33(26-43-35)36(48)46-22-20-45(21-23-46)28-32-10-6-30(25-41)7-11-32/h4-13,26,34H,14-23,27-28H2,1-3H3,(H,42,50). The van der Waals surface area contributed by atoms with E-state index in [0.717, 1.165) is 63.2 Å². The first-order valence-electron chi connectivity index (χ1n) is 17.5. The monoisotopic (exact) mass is 690 g/mol. The van der Waals surface area contributed by atoms with Gasteiger partial charge in [-0.2, -0.15) is 10.5 Å². The molecule has 2 aliphatic rings. The van der Waals surface area contributed by atoms with Gasteiger partial charge in [0.25, 0.3) is 11.8 Å². The summed E-state index contributed by atoms with van der Waals surface area (Å²) in [5, 5.41) is 20.9. The van der Waals surface area contributed by atoms with Gasteiger partial charge in [0.05, 0.1) is 28.8 Å². The number of likely N-dealkylation sites (tertiary alicyclic amines) is 1. The smallest absolute Gasteiger partial charge is 0.407 e. The highest BCUT2D eigenvalue weighted by Crippen LogP contribution is 2.21.